The predicted octanol–water partition coefficient (Wildman–Crippen LogP) is 1.42. The van der Waals surface area contributed by atoms with Crippen LogP contribution in [0.1, 0.15) is 29.8 Å². The zero-order valence-electron chi connectivity index (χ0n) is 9.86. The Labute approximate surface area is 96.2 Å². The monoisotopic (exact) mass is 218 g/mol. The highest BCUT2D eigenvalue weighted by Crippen LogP contribution is 2.21. The van der Waals surface area contributed by atoms with E-state index in [2.05, 4.69) is 6.92 Å². The maximum Gasteiger partial charge on any atom is 0.254 e. The van der Waals surface area contributed by atoms with Crippen LogP contribution >= 0.6 is 0 Å². The SMILES string of the molecule is CCc1ccccc1C(=O)N1CC(C)(N)C1. The van der Waals surface area contributed by atoms with E-state index >= 15 is 0 Å². The van der Waals surface area contributed by atoms with Crippen molar-refractivity contribution in [2.75, 3.05) is 13.1 Å². The van der Waals surface area contributed by atoms with Gasteiger partial charge >= 0.3 is 0 Å². The Morgan fingerprint density at radius 3 is 2.62 bits per heavy atom. The van der Waals surface area contributed by atoms with Gasteiger partial charge in [0.05, 0.1) is 0 Å². The lowest BCUT2D eigenvalue weighted by Gasteiger charge is -2.45. The minimum absolute atomic E-state index is 0.111. The molecule has 1 heterocycles. The van der Waals surface area contributed by atoms with E-state index in [1.54, 1.807) is 0 Å². The largest absolute Gasteiger partial charge is 0.335 e. The molecule has 1 aromatic rings. The van der Waals surface area contributed by atoms with Crippen molar-refractivity contribution in [3.05, 3.63) is 35.4 Å². The first-order chi connectivity index (χ1) is 7.53. The molecule has 1 fully saturated rings. The smallest absolute Gasteiger partial charge is 0.254 e. The number of carbonyl (C=O) groups is 1. The van der Waals surface area contributed by atoms with Crippen LogP contribution < -0.4 is 5.73 Å². The lowest BCUT2D eigenvalue weighted by Crippen LogP contribution is -2.66. The van der Waals surface area contributed by atoms with Crippen molar-refractivity contribution in [3.8, 4) is 0 Å². The van der Waals surface area contributed by atoms with Gasteiger partial charge in [-0.1, -0.05) is 25.1 Å². The molecule has 1 aliphatic rings. The molecule has 16 heavy (non-hydrogen) atoms. The highest BCUT2D eigenvalue weighted by atomic mass is 16.2. The zero-order chi connectivity index (χ0) is 11.8. The Morgan fingerprint density at radius 1 is 1.44 bits per heavy atom. The van der Waals surface area contributed by atoms with Crippen molar-refractivity contribution in [2.45, 2.75) is 25.8 Å². The maximum absolute atomic E-state index is 12.2. The summed E-state index contributed by atoms with van der Waals surface area (Å²) in [5, 5.41) is 0. The lowest BCUT2D eigenvalue weighted by atomic mass is 9.92. The lowest BCUT2D eigenvalue weighted by molar-refractivity contribution is 0.0452. The van der Waals surface area contributed by atoms with E-state index in [0.29, 0.717) is 13.1 Å². The van der Waals surface area contributed by atoms with Gasteiger partial charge in [-0.25, -0.2) is 0 Å². The zero-order valence-corrected chi connectivity index (χ0v) is 9.86. The first-order valence-corrected chi connectivity index (χ1v) is 5.69. The average molecular weight is 218 g/mol. The molecular formula is C13H18N2O. The van der Waals surface area contributed by atoms with Crippen LogP contribution in [0.3, 0.4) is 0 Å². The topological polar surface area (TPSA) is 46.3 Å². The van der Waals surface area contributed by atoms with Gasteiger partial charge in [0, 0.05) is 24.2 Å². The summed E-state index contributed by atoms with van der Waals surface area (Å²) in [6, 6.07) is 7.79. The van der Waals surface area contributed by atoms with Crippen LogP contribution in [0.25, 0.3) is 0 Å². The number of hydrogen-bond acceptors (Lipinski definition) is 2. The Bertz CT molecular complexity index is 404. The van der Waals surface area contributed by atoms with Crippen molar-refractivity contribution >= 4 is 5.91 Å². The summed E-state index contributed by atoms with van der Waals surface area (Å²) in [6.45, 7) is 5.35. The van der Waals surface area contributed by atoms with Crippen LogP contribution in [0, 0.1) is 0 Å². The van der Waals surface area contributed by atoms with Gasteiger partial charge in [0.1, 0.15) is 0 Å². The molecule has 0 unspecified atom stereocenters. The third-order valence-corrected chi connectivity index (χ3v) is 3.02. The van der Waals surface area contributed by atoms with E-state index in [4.69, 9.17) is 5.73 Å². The van der Waals surface area contributed by atoms with Crippen molar-refractivity contribution in [3.63, 3.8) is 0 Å². The number of nitrogens with two attached hydrogens (primary N) is 1. The molecule has 0 spiro atoms. The Balaban J connectivity index is 2.16. The second kappa shape index (κ2) is 3.91. The molecule has 1 aliphatic heterocycles. The summed E-state index contributed by atoms with van der Waals surface area (Å²) in [7, 11) is 0. The highest BCUT2D eigenvalue weighted by Gasteiger charge is 2.38. The molecule has 0 aliphatic carbocycles. The summed E-state index contributed by atoms with van der Waals surface area (Å²) in [5.74, 6) is 0.111. The molecule has 2 N–H and O–H groups in total. The molecule has 3 nitrogen and oxygen atoms in total. The Hall–Kier alpha value is -1.35. The van der Waals surface area contributed by atoms with Crippen molar-refractivity contribution in [1.29, 1.82) is 0 Å². The van der Waals surface area contributed by atoms with Gasteiger partial charge in [-0.2, -0.15) is 0 Å². The first-order valence-electron chi connectivity index (χ1n) is 5.69. The average Bonchev–Trinajstić information content (AvgIpc) is 2.24. The van der Waals surface area contributed by atoms with Crippen molar-refractivity contribution in [2.24, 2.45) is 5.73 Å². The Morgan fingerprint density at radius 2 is 2.06 bits per heavy atom. The van der Waals surface area contributed by atoms with E-state index in [9.17, 15) is 4.79 Å². The molecule has 1 aromatic carbocycles. The number of benzene rings is 1. The fourth-order valence-corrected chi connectivity index (χ4v) is 2.18. The van der Waals surface area contributed by atoms with E-state index in [1.165, 1.54) is 0 Å². The van der Waals surface area contributed by atoms with Gasteiger partial charge in [-0.05, 0) is 25.0 Å². The summed E-state index contributed by atoms with van der Waals surface area (Å²) in [5.41, 5.74) is 7.64. The van der Waals surface area contributed by atoms with Gasteiger partial charge < -0.3 is 10.6 Å². The number of rotatable bonds is 2. The van der Waals surface area contributed by atoms with Crippen LogP contribution in [-0.2, 0) is 6.42 Å². The predicted molar refractivity (Wildman–Crippen MR) is 64.3 cm³/mol. The normalized spacial score (nSPS) is 18.1. The molecule has 2 rings (SSSR count). The summed E-state index contributed by atoms with van der Waals surface area (Å²) in [6.07, 6.45) is 0.885. The Kier molecular flexibility index (Phi) is 2.72. The van der Waals surface area contributed by atoms with Gasteiger partial charge in [0.2, 0.25) is 0 Å². The number of amides is 1. The third-order valence-electron chi connectivity index (χ3n) is 3.02. The van der Waals surface area contributed by atoms with Crippen LogP contribution in [0.5, 0.6) is 0 Å². The number of nitrogens with zero attached hydrogens (tertiary/aromatic N) is 1. The minimum Gasteiger partial charge on any atom is -0.335 e. The number of aryl methyl sites for hydroxylation is 1. The summed E-state index contributed by atoms with van der Waals surface area (Å²) in [4.78, 5) is 14.0. The molecule has 0 saturated carbocycles. The van der Waals surface area contributed by atoms with E-state index in [-0.39, 0.29) is 11.4 Å². The van der Waals surface area contributed by atoms with E-state index in [0.717, 1.165) is 17.5 Å². The van der Waals surface area contributed by atoms with Gasteiger partial charge in [0.15, 0.2) is 0 Å². The standard InChI is InChI=1S/C13H18N2O/c1-3-10-6-4-5-7-11(10)12(16)15-8-13(2,14)9-15/h4-7H,3,8-9,14H2,1-2H3. The third kappa shape index (κ3) is 1.95. The second-order valence-corrected chi connectivity index (χ2v) is 4.83. The quantitative estimate of drug-likeness (QED) is 0.816. The molecule has 1 amide bonds. The van der Waals surface area contributed by atoms with E-state index < -0.39 is 0 Å². The van der Waals surface area contributed by atoms with Crippen LogP contribution in [0.4, 0.5) is 0 Å². The van der Waals surface area contributed by atoms with Crippen LogP contribution in [0.15, 0.2) is 24.3 Å². The molecular weight excluding hydrogens is 200 g/mol. The molecule has 3 heteroatoms. The number of hydrogen-bond donors (Lipinski definition) is 1. The second-order valence-electron chi connectivity index (χ2n) is 4.83. The van der Waals surface area contributed by atoms with Gasteiger partial charge in [-0.15, -0.1) is 0 Å². The van der Waals surface area contributed by atoms with Gasteiger partial charge in [-0.3, -0.25) is 4.79 Å². The maximum atomic E-state index is 12.2. The molecule has 1 saturated heterocycles. The van der Waals surface area contributed by atoms with Crippen molar-refractivity contribution in [1.82, 2.24) is 4.90 Å². The number of carbonyl (C=O) groups excluding carboxylic acids is 1. The number of likely N-dealkylation sites (tertiary alicyclic amines) is 1. The molecule has 86 valence electrons. The summed E-state index contributed by atoms with van der Waals surface area (Å²) >= 11 is 0. The molecule has 0 bridgehead atoms. The van der Waals surface area contributed by atoms with Crippen LogP contribution in [-0.4, -0.2) is 29.4 Å². The fraction of sp³-hybridized carbons (Fsp3) is 0.462. The highest BCUT2D eigenvalue weighted by molar-refractivity contribution is 5.96. The van der Waals surface area contributed by atoms with Crippen LogP contribution in [0.2, 0.25) is 0 Å². The first kappa shape index (κ1) is 11.1. The van der Waals surface area contributed by atoms with E-state index in [1.807, 2.05) is 36.1 Å². The van der Waals surface area contributed by atoms with Crippen molar-refractivity contribution < 1.29 is 4.79 Å². The minimum atomic E-state index is -0.198. The summed E-state index contributed by atoms with van der Waals surface area (Å²) < 4.78 is 0. The molecule has 0 aromatic heterocycles. The molecule has 0 atom stereocenters. The molecule has 0 radical (unpaired) electrons. The van der Waals surface area contributed by atoms with Gasteiger partial charge in [0.25, 0.3) is 5.91 Å². The fourth-order valence-electron chi connectivity index (χ4n) is 2.18.